The molecule has 21 heavy (non-hydrogen) atoms. The molecule has 0 aromatic rings. The van der Waals surface area contributed by atoms with Crippen LogP contribution in [0.3, 0.4) is 0 Å². The second-order valence-corrected chi connectivity index (χ2v) is 7.54. The topological polar surface area (TPSA) is 52.6 Å². The first kappa shape index (κ1) is 15.8. The van der Waals surface area contributed by atoms with E-state index in [1.54, 1.807) is 0 Å². The molecule has 0 aromatic carbocycles. The van der Waals surface area contributed by atoms with E-state index in [0.29, 0.717) is 11.3 Å². The van der Waals surface area contributed by atoms with Crippen molar-refractivity contribution >= 4 is 11.8 Å². The molecule has 1 atom stereocenters. The predicted octanol–water partition coefficient (Wildman–Crippen LogP) is 3.17. The van der Waals surface area contributed by atoms with E-state index in [9.17, 15) is 9.59 Å². The number of hydrogen-bond donors (Lipinski definition) is 0. The molecule has 2 aliphatic rings. The average molecular weight is 292 g/mol. The first-order valence-electron chi connectivity index (χ1n) is 7.24. The number of hydrogen-bond acceptors (Lipinski definition) is 4. The number of rotatable bonds is 1. The van der Waals surface area contributed by atoms with Gasteiger partial charge in [-0.15, -0.1) is 0 Å². The highest BCUT2D eigenvalue weighted by Gasteiger charge is 2.57. The summed E-state index contributed by atoms with van der Waals surface area (Å²) in [5.74, 6) is 0.184. The van der Waals surface area contributed by atoms with E-state index in [-0.39, 0.29) is 11.8 Å². The molecule has 1 aliphatic carbocycles. The zero-order valence-corrected chi connectivity index (χ0v) is 13.9. The van der Waals surface area contributed by atoms with Crippen LogP contribution < -0.4 is 0 Å². The minimum Gasteiger partial charge on any atom is -0.487 e. The summed E-state index contributed by atoms with van der Waals surface area (Å²) in [6, 6.07) is 0. The van der Waals surface area contributed by atoms with Crippen molar-refractivity contribution in [3.05, 3.63) is 23.5 Å². The lowest BCUT2D eigenvalue weighted by Gasteiger charge is -2.50. The number of carbonyl (C=O) groups is 2. The molecule has 2 rings (SSSR count). The maximum absolute atomic E-state index is 12.8. The first-order valence-corrected chi connectivity index (χ1v) is 7.24. The van der Waals surface area contributed by atoms with Crippen LogP contribution in [-0.2, 0) is 19.1 Å². The Balaban J connectivity index is 2.60. The van der Waals surface area contributed by atoms with Gasteiger partial charge in [0.1, 0.15) is 17.5 Å². The molecule has 116 valence electrons. The number of carbonyl (C=O) groups excluding carboxylic acids is 2. The fourth-order valence-electron chi connectivity index (χ4n) is 3.32. The van der Waals surface area contributed by atoms with Crippen molar-refractivity contribution in [2.45, 2.75) is 60.2 Å². The monoisotopic (exact) mass is 292 g/mol. The number of ether oxygens (including phenoxy) is 2. The van der Waals surface area contributed by atoms with Gasteiger partial charge < -0.3 is 9.47 Å². The second-order valence-electron chi connectivity index (χ2n) is 7.54. The molecule has 0 fully saturated rings. The molecule has 0 aromatic heterocycles. The van der Waals surface area contributed by atoms with Gasteiger partial charge in [0.05, 0.1) is 16.4 Å². The Morgan fingerprint density at radius 2 is 1.71 bits per heavy atom. The van der Waals surface area contributed by atoms with Crippen molar-refractivity contribution in [1.29, 1.82) is 0 Å². The smallest absolute Gasteiger partial charge is 0.302 e. The Bertz CT molecular complexity index is 561. The maximum atomic E-state index is 12.8. The molecule has 0 N–H and O–H groups in total. The Morgan fingerprint density at radius 3 is 2.24 bits per heavy atom. The summed E-state index contributed by atoms with van der Waals surface area (Å²) in [6.07, 6.45) is 3.17. The van der Waals surface area contributed by atoms with Crippen LogP contribution in [0.5, 0.6) is 0 Å². The van der Waals surface area contributed by atoms with Crippen LogP contribution in [0.25, 0.3) is 0 Å². The molecule has 1 aliphatic heterocycles. The quantitative estimate of drug-likeness (QED) is 0.697. The molecule has 0 amide bonds. The highest BCUT2D eigenvalue weighted by Crippen LogP contribution is 2.51. The van der Waals surface area contributed by atoms with Gasteiger partial charge in [-0.05, 0) is 53.7 Å². The molecule has 4 heteroatoms. The molecule has 1 heterocycles. The SMILES string of the molecule is CC(=O)OC1C(C)(C)C(=O)C2=C(OC(C)(C)C=C2)C1(C)C. The van der Waals surface area contributed by atoms with Crippen molar-refractivity contribution in [2.75, 3.05) is 0 Å². The minimum atomic E-state index is -0.789. The van der Waals surface area contributed by atoms with Gasteiger partial charge >= 0.3 is 5.97 Å². The molecular formula is C17H24O4. The number of esters is 1. The summed E-state index contributed by atoms with van der Waals surface area (Å²) in [7, 11) is 0. The maximum Gasteiger partial charge on any atom is 0.302 e. The standard InChI is InChI=1S/C17H24O4/c1-10(18)20-14-16(4,5)12(19)11-8-9-15(2,3)21-13(11)17(14,6)7/h8-9,14H,1-7H3. The molecule has 0 spiro atoms. The van der Waals surface area contributed by atoms with Crippen LogP contribution in [0, 0.1) is 10.8 Å². The number of ketones is 1. The normalized spacial score (nSPS) is 28.7. The lowest BCUT2D eigenvalue weighted by Crippen LogP contribution is -2.55. The molecule has 0 radical (unpaired) electrons. The van der Waals surface area contributed by atoms with Crippen molar-refractivity contribution in [3.8, 4) is 0 Å². The highest BCUT2D eigenvalue weighted by molar-refractivity contribution is 6.04. The lowest BCUT2D eigenvalue weighted by molar-refractivity contribution is -0.170. The van der Waals surface area contributed by atoms with Crippen LogP contribution in [0.4, 0.5) is 0 Å². The van der Waals surface area contributed by atoms with Crippen LogP contribution in [-0.4, -0.2) is 23.5 Å². The Morgan fingerprint density at radius 1 is 1.14 bits per heavy atom. The second kappa shape index (κ2) is 4.46. The van der Waals surface area contributed by atoms with E-state index in [2.05, 4.69) is 0 Å². The van der Waals surface area contributed by atoms with Gasteiger partial charge in [0.15, 0.2) is 5.78 Å². The van der Waals surface area contributed by atoms with Crippen LogP contribution in [0.2, 0.25) is 0 Å². The Labute approximate surface area is 126 Å². The Kier molecular flexibility index (Phi) is 3.35. The zero-order valence-electron chi connectivity index (χ0n) is 13.9. The average Bonchev–Trinajstić information content (AvgIpc) is 2.32. The van der Waals surface area contributed by atoms with Gasteiger partial charge in [-0.2, -0.15) is 0 Å². The third-order valence-electron chi connectivity index (χ3n) is 4.27. The third-order valence-corrected chi connectivity index (χ3v) is 4.27. The van der Waals surface area contributed by atoms with Crippen molar-refractivity contribution < 1.29 is 19.1 Å². The van der Waals surface area contributed by atoms with E-state index in [4.69, 9.17) is 9.47 Å². The number of allylic oxidation sites excluding steroid dienone is 2. The fourth-order valence-corrected chi connectivity index (χ4v) is 3.32. The van der Waals surface area contributed by atoms with E-state index < -0.39 is 22.5 Å². The first-order chi connectivity index (χ1) is 9.39. The van der Waals surface area contributed by atoms with E-state index in [1.165, 1.54) is 6.92 Å². The summed E-state index contributed by atoms with van der Waals surface area (Å²) in [5.41, 5.74) is -1.24. The predicted molar refractivity (Wildman–Crippen MR) is 79.5 cm³/mol. The molecule has 0 bridgehead atoms. The molecule has 0 saturated heterocycles. The lowest BCUT2D eigenvalue weighted by atomic mass is 9.61. The fraction of sp³-hybridized carbons (Fsp3) is 0.647. The van der Waals surface area contributed by atoms with Gasteiger partial charge in [0, 0.05) is 6.92 Å². The van der Waals surface area contributed by atoms with Gasteiger partial charge in [-0.25, -0.2) is 0 Å². The molecule has 4 nitrogen and oxygen atoms in total. The summed E-state index contributed by atoms with van der Waals surface area (Å²) >= 11 is 0. The molecule has 1 unspecified atom stereocenters. The summed E-state index contributed by atoms with van der Waals surface area (Å²) in [6.45, 7) is 12.8. The number of Topliss-reactive ketones (excluding diaryl/α,β-unsaturated/α-hetero) is 1. The van der Waals surface area contributed by atoms with E-state index in [0.717, 1.165) is 0 Å². The van der Waals surface area contributed by atoms with Gasteiger partial charge in [0.2, 0.25) is 0 Å². The molecular weight excluding hydrogens is 268 g/mol. The summed E-state index contributed by atoms with van der Waals surface area (Å²) < 4.78 is 11.6. The van der Waals surface area contributed by atoms with Gasteiger partial charge in [0.25, 0.3) is 0 Å². The molecule has 0 saturated carbocycles. The van der Waals surface area contributed by atoms with E-state index in [1.807, 2.05) is 53.7 Å². The minimum absolute atomic E-state index is 0.0465. The third kappa shape index (κ3) is 2.41. The van der Waals surface area contributed by atoms with Gasteiger partial charge in [-0.1, -0.05) is 0 Å². The van der Waals surface area contributed by atoms with Crippen molar-refractivity contribution in [2.24, 2.45) is 10.8 Å². The van der Waals surface area contributed by atoms with Crippen LogP contribution in [0.15, 0.2) is 23.5 Å². The van der Waals surface area contributed by atoms with Crippen molar-refractivity contribution in [3.63, 3.8) is 0 Å². The largest absolute Gasteiger partial charge is 0.487 e. The van der Waals surface area contributed by atoms with Crippen LogP contribution in [0.1, 0.15) is 48.5 Å². The van der Waals surface area contributed by atoms with Crippen molar-refractivity contribution in [1.82, 2.24) is 0 Å². The zero-order chi connectivity index (χ0) is 16.2. The van der Waals surface area contributed by atoms with Crippen LogP contribution >= 0.6 is 0 Å². The summed E-state index contributed by atoms with van der Waals surface area (Å²) in [4.78, 5) is 24.3. The Hall–Kier alpha value is -1.58. The van der Waals surface area contributed by atoms with E-state index >= 15 is 0 Å². The highest BCUT2D eigenvalue weighted by atomic mass is 16.6. The van der Waals surface area contributed by atoms with Gasteiger partial charge in [-0.3, -0.25) is 9.59 Å². The summed E-state index contributed by atoms with van der Waals surface area (Å²) in [5, 5.41) is 0.